The molecule has 0 bridgehead atoms. The number of amides is 1. The number of carbonyl (C=O) groups excluding carboxylic acids is 2. The maximum absolute atomic E-state index is 12.2. The van der Waals surface area contributed by atoms with Crippen molar-refractivity contribution in [3.8, 4) is 0 Å². The monoisotopic (exact) mass is 287 g/mol. The van der Waals surface area contributed by atoms with Gasteiger partial charge in [-0.25, -0.2) is 0 Å². The van der Waals surface area contributed by atoms with Crippen molar-refractivity contribution in [1.82, 2.24) is 4.90 Å². The minimum atomic E-state index is -0.193. The van der Waals surface area contributed by atoms with Crippen LogP contribution in [0.5, 0.6) is 0 Å². The van der Waals surface area contributed by atoms with Crippen LogP contribution < -0.4 is 0 Å². The van der Waals surface area contributed by atoms with E-state index in [4.69, 9.17) is 4.74 Å². The number of carbonyl (C=O) groups is 2. The Morgan fingerprint density at radius 2 is 2.10 bits per heavy atom. The van der Waals surface area contributed by atoms with Crippen molar-refractivity contribution < 1.29 is 14.3 Å². The Hall–Kier alpha value is -2.10. The lowest BCUT2D eigenvalue weighted by atomic mass is 9.98. The van der Waals surface area contributed by atoms with Gasteiger partial charge in [0, 0.05) is 19.2 Å². The third kappa shape index (κ3) is 4.45. The number of piperidine rings is 1. The SMILES string of the molecule is CCOC(=O)C1CCCN(C(=O)/C=C/c2ccccc2)C1. The van der Waals surface area contributed by atoms with Gasteiger partial charge in [0.2, 0.25) is 5.91 Å². The molecule has 1 aromatic rings. The maximum atomic E-state index is 12.2. The highest BCUT2D eigenvalue weighted by molar-refractivity contribution is 5.92. The van der Waals surface area contributed by atoms with E-state index in [1.807, 2.05) is 30.3 Å². The largest absolute Gasteiger partial charge is 0.466 e. The van der Waals surface area contributed by atoms with Crippen LogP contribution in [0.1, 0.15) is 25.3 Å². The standard InChI is InChI=1S/C17H21NO3/c1-2-21-17(20)15-9-6-12-18(13-15)16(19)11-10-14-7-4-3-5-8-14/h3-5,7-8,10-11,15H,2,6,9,12-13H2,1H3/b11-10+. The molecule has 1 aliphatic heterocycles. The summed E-state index contributed by atoms with van der Waals surface area (Å²) in [6, 6.07) is 9.69. The Bertz CT molecular complexity index is 510. The molecule has 1 heterocycles. The summed E-state index contributed by atoms with van der Waals surface area (Å²) >= 11 is 0. The molecule has 21 heavy (non-hydrogen) atoms. The first-order valence-corrected chi connectivity index (χ1v) is 7.39. The molecule has 1 amide bonds. The summed E-state index contributed by atoms with van der Waals surface area (Å²) in [6.45, 7) is 3.34. The molecule has 0 aromatic heterocycles. The first kappa shape index (κ1) is 15.3. The Morgan fingerprint density at radius 3 is 2.81 bits per heavy atom. The van der Waals surface area contributed by atoms with E-state index in [9.17, 15) is 9.59 Å². The van der Waals surface area contributed by atoms with E-state index in [0.717, 1.165) is 18.4 Å². The summed E-state index contributed by atoms with van der Waals surface area (Å²) < 4.78 is 5.04. The van der Waals surface area contributed by atoms with Crippen molar-refractivity contribution in [1.29, 1.82) is 0 Å². The van der Waals surface area contributed by atoms with Crippen LogP contribution in [0.4, 0.5) is 0 Å². The summed E-state index contributed by atoms with van der Waals surface area (Å²) in [5.74, 6) is -0.428. The van der Waals surface area contributed by atoms with Crippen LogP contribution in [-0.4, -0.2) is 36.5 Å². The quantitative estimate of drug-likeness (QED) is 0.631. The van der Waals surface area contributed by atoms with Gasteiger partial charge in [-0.15, -0.1) is 0 Å². The number of likely N-dealkylation sites (tertiary alicyclic amines) is 1. The van der Waals surface area contributed by atoms with Crippen molar-refractivity contribution in [3.63, 3.8) is 0 Å². The van der Waals surface area contributed by atoms with E-state index in [2.05, 4.69) is 0 Å². The Labute approximate surface area is 125 Å². The summed E-state index contributed by atoms with van der Waals surface area (Å²) in [5.41, 5.74) is 0.991. The van der Waals surface area contributed by atoms with Gasteiger partial charge >= 0.3 is 5.97 Å². The van der Waals surface area contributed by atoms with Gasteiger partial charge in [0.05, 0.1) is 12.5 Å². The van der Waals surface area contributed by atoms with Crippen molar-refractivity contribution in [3.05, 3.63) is 42.0 Å². The number of benzene rings is 1. The van der Waals surface area contributed by atoms with Crippen LogP contribution in [0.15, 0.2) is 36.4 Å². The molecular formula is C17H21NO3. The zero-order chi connectivity index (χ0) is 15.1. The zero-order valence-electron chi connectivity index (χ0n) is 12.3. The van der Waals surface area contributed by atoms with Gasteiger partial charge in [-0.05, 0) is 31.4 Å². The number of esters is 1. The van der Waals surface area contributed by atoms with E-state index in [0.29, 0.717) is 19.7 Å². The van der Waals surface area contributed by atoms with E-state index < -0.39 is 0 Å². The van der Waals surface area contributed by atoms with Crippen molar-refractivity contribution in [2.75, 3.05) is 19.7 Å². The molecule has 1 saturated heterocycles. The van der Waals surface area contributed by atoms with Crippen LogP contribution >= 0.6 is 0 Å². The lowest BCUT2D eigenvalue weighted by Crippen LogP contribution is -2.42. The predicted octanol–water partition coefficient (Wildman–Crippen LogP) is 2.50. The van der Waals surface area contributed by atoms with Crippen LogP contribution in [0.2, 0.25) is 0 Å². The minimum Gasteiger partial charge on any atom is -0.466 e. The fraction of sp³-hybridized carbons (Fsp3) is 0.412. The summed E-state index contributed by atoms with van der Waals surface area (Å²) in [5, 5.41) is 0. The lowest BCUT2D eigenvalue weighted by Gasteiger charge is -2.30. The second-order valence-corrected chi connectivity index (χ2v) is 5.12. The molecule has 2 rings (SSSR count). The Kier molecular flexibility index (Phi) is 5.55. The molecule has 4 heteroatoms. The second kappa shape index (κ2) is 7.62. The molecule has 0 radical (unpaired) electrons. The zero-order valence-corrected chi connectivity index (χ0v) is 12.3. The Balaban J connectivity index is 1.93. The second-order valence-electron chi connectivity index (χ2n) is 5.12. The molecule has 1 aliphatic rings. The molecule has 1 fully saturated rings. The van der Waals surface area contributed by atoms with E-state index >= 15 is 0 Å². The highest BCUT2D eigenvalue weighted by Gasteiger charge is 2.28. The van der Waals surface area contributed by atoms with E-state index in [-0.39, 0.29) is 17.8 Å². The number of ether oxygens (including phenoxy) is 1. The van der Waals surface area contributed by atoms with Crippen LogP contribution in [-0.2, 0) is 14.3 Å². The van der Waals surface area contributed by atoms with E-state index in [1.165, 1.54) is 0 Å². The van der Waals surface area contributed by atoms with Gasteiger partial charge in [-0.2, -0.15) is 0 Å². The van der Waals surface area contributed by atoms with Gasteiger partial charge in [-0.3, -0.25) is 9.59 Å². The summed E-state index contributed by atoms with van der Waals surface area (Å²) in [6.07, 6.45) is 5.01. The summed E-state index contributed by atoms with van der Waals surface area (Å²) in [7, 11) is 0. The third-order valence-electron chi connectivity index (χ3n) is 3.57. The molecule has 4 nitrogen and oxygen atoms in total. The predicted molar refractivity (Wildman–Crippen MR) is 81.4 cm³/mol. The van der Waals surface area contributed by atoms with Crippen molar-refractivity contribution in [2.24, 2.45) is 5.92 Å². The number of nitrogens with zero attached hydrogens (tertiary/aromatic N) is 1. The van der Waals surface area contributed by atoms with Crippen LogP contribution in [0.3, 0.4) is 0 Å². The fourth-order valence-corrected chi connectivity index (χ4v) is 2.47. The molecule has 1 aromatic carbocycles. The van der Waals surface area contributed by atoms with Gasteiger partial charge in [-0.1, -0.05) is 30.3 Å². The van der Waals surface area contributed by atoms with Crippen molar-refractivity contribution >= 4 is 18.0 Å². The number of hydrogen-bond acceptors (Lipinski definition) is 3. The van der Waals surface area contributed by atoms with Gasteiger partial charge in [0.25, 0.3) is 0 Å². The Morgan fingerprint density at radius 1 is 1.33 bits per heavy atom. The van der Waals surface area contributed by atoms with Gasteiger partial charge in [0.1, 0.15) is 0 Å². The van der Waals surface area contributed by atoms with Crippen LogP contribution in [0.25, 0.3) is 6.08 Å². The molecule has 1 unspecified atom stereocenters. The molecule has 0 aliphatic carbocycles. The maximum Gasteiger partial charge on any atom is 0.310 e. The molecular weight excluding hydrogens is 266 g/mol. The molecule has 1 atom stereocenters. The fourth-order valence-electron chi connectivity index (χ4n) is 2.47. The highest BCUT2D eigenvalue weighted by atomic mass is 16.5. The van der Waals surface area contributed by atoms with Gasteiger partial charge in [0.15, 0.2) is 0 Å². The average molecular weight is 287 g/mol. The molecule has 0 N–H and O–H groups in total. The molecule has 0 saturated carbocycles. The average Bonchev–Trinajstić information content (AvgIpc) is 2.54. The van der Waals surface area contributed by atoms with Gasteiger partial charge < -0.3 is 9.64 Å². The number of hydrogen-bond donors (Lipinski definition) is 0. The molecule has 112 valence electrons. The third-order valence-corrected chi connectivity index (χ3v) is 3.57. The summed E-state index contributed by atoms with van der Waals surface area (Å²) in [4.78, 5) is 25.7. The normalized spacial score (nSPS) is 18.7. The van der Waals surface area contributed by atoms with Crippen molar-refractivity contribution in [2.45, 2.75) is 19.8 Å². The smallest absolute Gasteiger partial charge is 0.310 e. The first-order chi connectivity index (χ1) is 10.2. The first-order valence-electron chi connectivity index (χ1n) is 7.39. The van der Waals surface area contributed by atoms with E-state index in [1.54, 1.807) is 24.0 Å². The van der Waals surface area contributed by atoms with Crippen LogP contribution in [0, 0.1) is 5.92 Å². The number of rotatable bonds is 4. The molecule has 0 spiro atoms. The minimum absolute atomic E-state index is 0.0483. The lowest BCUT2D eigenvalue weighted by molar-refractivity contribution is -0.150. The topological polar surface area (TPSA) is 46.6 Å². The highest BCUT2D eigenvalue weighted by Crippen LogP contribution is 2.18.